The number of pyridine rings is 1. The molecule has 3 nitrogen and oxygen atoms in total. The number of unbranched alkanes of at least 4 members (excludes halogenated alkanes) is 2. The van der Waals surface area contributed by atoms with E-state index in [0.29, 0.717) is 17.8 Å². The molecule has 76 valence electrons. The van der Waals surface area contributed by atoms with Gasteiger partial charge >= 0.3 is 0 Å². The van der Waals surface area contributed by atoms with E-state index in [9.17, 15) is 4.79 Å². The number of anilines is 1. The molecule has 0 atom stereocenters. The van der Waals surface area contributed by atoms with Crippen LogP contribution in [0.4, 0.5) is 5.69 Å². The smallest absolute Gasteiger partial charge is 0.183 e. The Labute approximate surface area is 84.3 Å². The number of ketones is 1. The Balaban J connectivity index is 2.56. The number of hydrogen-bond acceptors (Lipinski definition) is 3. The number of aromatic nitrogens is 1. The van der Waals surface area contributed by atoms with Gasteiger partial charge in [0, 0.05) is 12.6 Å². The minimum Gasteiger partial charge on any atom is -0.397 e. The van der Waals surface area contributed by atoms with Crippen molar-refractivity contribution in [1.82, 2.24) is 4.98 Å². The van der Waals surface area contributed by atoms with Gasteiger partial charge in [-0.3, -0.25) is 9.78 Å². The van der Waals surface area contributed by atoms with E-state index in [0.717, 1.165) is 19.3 Å². The Morgan fingerprint density at radius 3 is 2.93 bits per heavy atom. The average molecular weight is 192 g/mol. The van der Waals surface area contributed by atoms with Gasteiger partial charge < -0.3 is 5.73 Å². The van der Waals surface area contributed by atoms with Gasteiger partial charge in [0.2, 0.25) is 0 Å². The first kappa shape index (κ1) is 10.7. The van der Waals surface area contributed by atoms with Gasteiger partial charge in [0.05, 0.1) is 5.69 Å². The zero-order chi connectivity index (χ0) is 10.4. The number of rotatable bonds is 5. The van der Waals surface area contributed by atoms with Crippen LogP contribution in [0.2, 0.25) is 0 Å². The molecular formula is C11H16N2O. The Morgan fingerprint density at radius 1 is 1.50 bits per heavy atom. The van der Waals surface area contributed by atoms with Crippen molar-refractivity contribution in [2.24, 2.45) is 0 Å². The van der Waals surface area contributed by atoms with E-state index in [1.165, 1.54) is 0 Å². The minimum absolute atomic E-state index is 0.0524. The van der Waals surface area contributed by atoms with Crippen LogP contribution in [0, 0.1) is 0 Å². The topological polar surface area (TPSA) is 56.0 Å². The Bertz CT molecular complexity index is 310. The van der Waals surface area contributed by atoms with E-state index < -0.39 is 0 Å². The van der Waals surface area contributed by atoms with Crippen molar-refractivity contribution >= 4 is 11.5 Å². The summed E-state index contributed by atoms with van der Waals surface area (Å²) >= 11 is 0. The molecule has 1 aromatic rings. The van der Waals surface area contributed by atoms with Crippen molar-refractivity contribution in [2.45, 2.75) is 32.6 Å². The Kier molecular flexibility index (Phi) is 4.11. The monoisotopic (exact) mass is 192 g/mol. The molecule has 0 aromatic carbocycles. The van der Waals surface area contributed by atoms with E-state index in [-0.39, 0.29) is 5.78 Å². The van der Waals surface area contributed by atoms with Gasteiger partial charge in [-0.1, -0.05) is 19.8 Å². The molecule has 0 unspecified atom stereocenters. The van der Waals surface area contributed by atoms with Crippen LogP contribution in [0.5, 0.6) is 0 Å². The summed E-state index contributed by atoms with van der Waals surface area (Å²) in [6.07, 6.45) is 5.27. The third-order valence-electron chi connectivity index (χ3n) is 2.11. The number of hydrogen-bond donors (Lipinski definition) is 1. The van der Waals surface area contributed by atoms with Gasteiger partial charge in [-0.15, -0.1) is 0 Å². The molecule has 0 saturated carbocycles. The molecule has 0 fully saturated rings. The van der Waals surface area contributed by atoms with E-state index in [4.69, 9.17) is 5.73 Å². The molecule has 14 heavy (non-hydrogen) atoms. The number of nitrogen functional groups attached to an aromatic ring is 1. The fourth-order valence-corrected chi connectivity index (χ4v) is 1.30. The molecule has 1 aromatic heterocycles. The van der Waals surface area contributed by atoms with Crippen molar-refractivity contribution in [3.8, 4) is 0 Å². The Hall–Kier alpha value is -1.38. The van der Waals surface area contributed by atoms with Gasteiger partial charge in [-0.2, -0.15) is 0 Å². The maximum Gasteiger partial charge on any atom is 0.183 e. The van der Waals surface area contributed by atoms with Crippen LogP contribution >= 0.6 is 0 Å². The summed E-state index contributed by atoms with van der Waals surface area (Å²) in [5.74, 6) is 0.0524. The summed E-state index contributed by atoms with van der Waals surface area (Å²) < 4.78 is 0. The lowest BCUT2D eigenvalue weighted by molar-refractivity contribution is 0.0975. The minimum atomic E-state index is 0.0524. The summed E-state index contributed by atoms with van der Waals surface area (Å²) in [6.45, 7) is 2.11. The van der Waals surface area contributed by atoms with Crippen LogP contribution in [0.1, 0.15) is 43.1 Å². The molecule has 1 heterocycles. The maximum atomic E-state index is 11.6. The summed E-state index contributed by atoms with van der Waals surface area (Å²) in [4.78, 5) is 15.6. The molecule has 0 saturated heterocycles. The molecular weight excluding hydrogens is 176 g/mol. The quantitative estimate of drug-likeness (QED) is 0.575. The predicted octanol–water partition coefficient (Wildman–Crippen LogP) is 2.43. The van der Waals surface area contributed by atoms with Crippen molar-refractivity contribution in [2.75, 3.05) is 5.73 Å². The summed E-state index contributed by atoms with van der Waals surface area (Å²) in [6, 6.07) is 3.44. The molecule has 1 rings (SSSR count). The molecule has 3 heteroatoms. The number of carbonyl (C=O) groups is 1. The van der Waals surface area contributed by atoms with Gasteiger partial charge in [0.25, 0.3) is 0 Å². The predicted molar refractivity (Wildman–Crippen MR) is 57.1 cm³/mol. The molecule has 0 aliphatic rings. The first-order chi connectivity index (χ1) is 6.75. The van der Waals surface area contributed by atoms with Crippen LogP contribution in [0.25, 0.3) is 0 Å². The normalized spacial score (nSPS) is 10.1. The van der Waals surface area contributed by atoms with E-state index in [1.54, 1.807) is 18.3 Å². The highest BCUT2D eigenvalue weighted by Crippen LogP contribution is 2.11. The zero-order valence-electron chi connectivity index (χ0n) is 8.49. The number of nitrogens with two attached hydrogens (primary N) is 1. The highest BCUT2D eigenvalue weighted by molar-refractivity contribution is 5.98. The lowest BCUT2D eigenvalue weighted by atomic mass is 10.1. The first-order valence-corrected chi connectivity index (χ1v) is 4.99. The molecule has 0 bridgehead atoms. The lowest BCUT2D eigenvalue weighted by Gasteiger charge is -2.02. The second-order valence-corrected chi connectivity index (χ2v) is 3.32. The highest BCUT2D eigenvalue weighted by atomic mass is 16.1. The van der Waals surface area contributed by atoms with Crippen molar-refractivity contribution in [3.05, 3.63) is 24.0 Å². The summed E-state index contributed by atoms with van der Waals surface area (Å²) in [5, 5.41) is 0. The third kappa shape index (κ3) is 2.83. The standard InChI is InChI=1S/C11H16N2O/c1-2-3-4-7-10(14)11-9(12)6-5-8-13-11/h5-6,8H,2-4,7,12H2,1H3. The van der Waals surface area contributed by atoms with E-state index in [1.807, 2.05) is 0 Å². The highest BCUT2D eigenvalue weighted by Gasteiger charge is 2.09. The second kappa shape index (κ2) is 5.37. The molecule has 0 aliphatic heterocycles. The number of Topliss-reactive ketones (excluding diaryl/α,β-unsaturated/α-hetero) is 1. The molecule has 0 aliphatic carbocycles. The first-order valence-electron chi connectivity index (χ1n) is 4.99. The zero-order valence-corrected chi connectivity index (χ0v) is 8.49. The molecule has 0 spiro atoms. The molecule has 2 N–H and O–H groups in total. The van der Waals surface area contributed by atoms with Crippen LogP contribution in [0.15, 0.2) is 18.3 Å². The fourth-order valence-electron chi connectivity index (χ4n) is 1.30. The van der Waals surface area contributed by atoms with Crippen LogP contribution in [-0.4, -0.2) is 10.8 Å². The van der Waals surface area contributed by atoms with Crippen LogP contribution in [-0.2, 0) is 0 Å². The molecule has 0 radical (unpaired) electrons. The van der Waals surface area contributed by atoms with E-state index >= 15 is 0 Å². The van der Waals surface area contributed by atoms with Crippen molar-refractivity contribution < 1.29 is 4.79 Å². The largest absolute Gasteiger partial charge is 0.397 e. The van der Waals surface area contributed by atoms with Crippen molar-refractivity contribution in [1.29, 1.82) is 0 Å². The average Bonchev–Trinajstić information content (AvgIpc) is 2.18. The number of nitrogens with zero attached hydrogens (tertiary/aromatic N) is 1. The van der Waals surface area contributed by atoms with Crippen LogP contribution < -0.4 is 5.73 Å². The van der Waals surface area contributed by atoms with Gasteiger partial charge in [-0.05, 0) is 18.6 Å². The van der Waals surface area contributed by atoms with E-state index in [2.05, 4.69) is 11.9 Å². The lowest BCUT2D eigenvalue weighted by Crippen LogP contribution is -2.05. The molecule has 0 amide bonds. The summed E-state index contributed by atoms with van der Waals surface area (Å²) in [5.41, 5.74) is 6.54. The SMILES string of the molecule is CCCCCC(=O)c1ncccc1N. The number of carbonyl (C=O) groups excluding carboxylic acids is 1. The summed E-state index contributed by atoms with van der Waals surface area (Å²) in [7, 11) is 0. The third-order valence-corrected chi connectivity index (χ3v) is 2.11. The maximum absolute atomic E-state index is 11.6. The van der Waals surface area contributed by atoms with Crippen molar-refractivity contribution in [3.63, 3.8) is 0 Å². The second-order valence-electron chi connectivity index (χ2n) is 3.32. The Morgan fingerprint density at radius 2 is 2.29 bits per heavy atom. The van der Waals surface area contributed by atoms with Gasteiger partial charge in [0.1, 0.15) is 5.69 Å². The van der Waals surface area contributed by atoms with Gasteiger partial charge in [0.15, 0.2) is 5.78 Å². The van der Waals surface area contributed by atoms with Crippen LogP contribution in [0.3, 0.4) is 0 Å². The van der Waals surface area contributed by atoms with Gasteiger partial charge in [-0.25, -0.2) is 0 Å². The fraction of sp³-hybridized carbons (Fsp3) is 0.455.